The Hall–Kier alpha value is -5.81. The predicted octanol–water partition coefficient (Wildman–Crippen LogP) is 2.81. The number of nitrogens with one attached hydrogen (secondary N) is 2. The minimum atomic E-state index is -3.71. The second kappa shape index (κ2) is 20.0. The molecule has 1 amide bonds. The van der Waals surface area contributed by atoms with E-state index >= 15 is 0 Å². The quantitative estimate of drug-likeness (QED) is 0.117. The maximum Gasteiger partial charge on any atom is 0.351 e. The van der Waals surface area contributed by atoms with E-state index in [1.807, 2.05) is 67.6 Å². The van der Waals surface area contributed by atoms with Crippen LogP contribution in [-0.4, -0.2) is 128 Å². The summed E-state index contributed by atoms with van der Waals surface area (Å²) in [6.45, 7) is 6.45. The molecule has 0 unspecified atom stereocenters. The van der Waals surface area contributed by atoms with Crippen molar-refractivity contribution in [1.82, 2.24) is 34.3 Å². The Bertz CT molecular complexity index is 2380. The van der Waals surface area contributed by atoms with E-state index in [9.17, 15) is 31.9 Å². The molecule has 18 nitrogen and oxygen atoms in total. The van der Waals surface area contributed by atoms with E-state index in [0.29, 0.717) is 28.0 Å². The van der Waals surface area contributed by atoms with Gasteiger partial charge in [-0.1, -0.05) is 18.2 Å². The third-order valence-electron chi connectivity index (χ3n) is 9.24. The number of carbonyl (C=O) groups excluding carboxylic acids is 1. The van der Waals surface area contributed by atoms with Crippen LogP contribution in [0.1, 0.15) is 27.7 Å². The average Bonchev–Trinajstić information content (AvgIpc) is 3.44. The molecule has 5 heterocycles. The Balaban J connectivity index is 0.000000246. The number of ether oxygens (including phenoxy) is 1. The zero-order valence-corrected chi connectivity index (χ0v) is 33.7. The topological polar surface area (TPSA) is 251 Å². The number of hydrogen-bond acceptors (Lipinski definition) is 15. The van der Waals surface area contributed by atoms with Crippen LogP contribution in [0.5, 0.6) is 0 Å². The van der Waals surface area contributed by atoms with Crippen molar-refractivity contribution in [3.05, 3.63) is 119 Å². The number of aliphatic hydroxyl groups is 2. The standard InChI is InChI=1S/C29H31N7O.C9H11F2N3O4.CH4O3S/c1-21-5-10-25(18-27(21)34-29-31-13-11-26(33-29)24-4-3-12-30-19-24)32-28(37)23-8-6-22(7-9-23)20-36-16-14-35(2)15-17-36;10-9(11)6(16)4(3-15)18-7(9)14-2-1-5(12)13-8(14)17;1-5(2,3)4/h3-13,18-19H,14-17,20H2,1-2H3,(H,32,37)(H,31,33,34);1-2,4,6-7,15-16H,3H2,(H2,12,13,17);1H3,(H,2,3,4)/t;4-,6-,7-;/m.1./s1. The molecular weight excluding hydrogens is 807 g/mol. The van der Waals surface area contributed by atoms with Gasteiger partial charge < -0.3 is 36.2 Å². The van der Waals surface area contributed by atoms with Gasteiger partial charge in [0.1, 0.15) is 11.9 Å². The van der Waals surface area contributed by atoms with Gasteiger partial charge in [0, 0.05) is 80.0 Å². The normalized spacial score (nSPS) is 19.0. The van der Waals surface area contributed by atoms with Crippen LogP contribution in [0.25, 0.3) is 11.3 Å². The highest BCUT2D eigenvalue weighted by Crippen LogP contribution is 2.42. The minimum Gasteiger partial charge on any atom is -0.394 e. The average molecular weight is 853 g/mol. The summed E-state index contributed by atoms with van der Waals surface area (Å²) in [6.07, 6.45) is 1.24. The van der Waals surface area contributed by atoms with Gasteiger partial charge in [-0.15, -0.1) is 0 Å². The molecule has 0 radical (unpaired) electrons. The summed E-state index contributed by atoms with van der Waals surface area (Å²) in [4.78, 5) is 45.6. The van der Waals surface area contributed by atoms with Gasteiger partial charge in [-0.2, -0.15) is 22.2 Å². The number of nitrogens with zero attached hydrogens (tertiary/aromatic N) is 7. The summed E-state index contributed by atoms with van der Waals surface area (Å²) < 4.78 is 58.6. The zero-order chi connectivity index (χ0) is 43.6. The molecule has 320 valence electrons. The number of pyridine rings is 1. The fraction of sp³-hybridized carbons (Fsp3) is 0.333. The molecule has 2 fully saturated rings. The number of aromatic nitrogens is 5. The van der Waals surface area contributed by atoms with E-state index in [1.165, 1.54) is 5.56 Å². The van der Waals surface area contributed by atoms with E-state index in [0.717, 1.165) is 67.5 Å². The molecule has 2 aliphatic heterocycles. The number of piperazine rings is 1. The van der Waals surface area contributed by atoms with Crippen molar-refractivity contribution in [2.75, 3.05) is 62.5 Å². The van der Waals surface area contributed by atoms with Crippen molar-refractivity contribution in [2.24, 2.45) is 0 Å². The molecule has 7 N–H and O–H groups in total. The molecule has 2 aromatic carbocycles. The summed E-state index contributed by atoms with van der Waals surface area (Å²) in [5.41, 5.74) is 10.3. The number of aliphatic hydroxyl groups excluding tert-OH is 2. The first-order valence-electron chi connectivity index (χ1n) is 18.4. The van der Waals surface area contributed by atoms with Crippen molar-refractivity contribution < 1.29 is 41.5 Å². The fourth-order valence-electron chi connectivity index (χ4n) is 6.00. The van der Waals surface area contributed by atoms with Crippen LogP contribution in [-0.2, 0) is 21.4 Å². The van der Waals surface area contributed by atoms with Gasteiger partial charge in [0.2, 0.25) is 12.2 Å². The summed E-state index contributed by atoms with van der Waals surface area (Å²) in [5, 5.41) is 24.4. The van der Waals surface area contributed by atoms with Crippen molar-refractivity contribution in [1.29, 1.82) is 0 Å². The molecule has 0 aliphatic carbocycles. The number of alkyl halides is 2. The molecule has 2 saturated heterocycles. The number of nitrogen functional groups attached to an aromatic ring is 1. The number of likely N-dealkylation sites (N-methyl/N-ethyl adjacent to an activating group) is 1. The number of halogens is 2. The third kappa shape index (κ3) is 12.6. The van der Waals surface area contributed by atoms with E-state index in [2.05, 4.69) is 47.4 Å². The first kappa shape index (κ1) is 45.3. The van der Waals surface area contributed by atoms with E-state index < -0.39 is 46.8 Å². The number of anilines is 4. The van der Waals surface area contributed by atoms with E-state index in [-0.39, 0.29) is 11.7 Å². The summed E-state index contributed by atoms with van der Waals surface area (Å²) in [5.74, 6) is -3.49. The largest absolute Gasteiger partial charge is 0.394 e. The molecule has 2 aliphatic rings. The lowest BCUT2D eigenvalue weighted by atomic mass is 10.1. The second-order valence-corrected chi connectivity index (χ2v) is 15.5. The highest BCUT2D eigenvalue weighted by Gasteiger charge is 2.59. The number of benzene rings is 2. The van der Waals surface area contributed by atoms with Crippen molar-refractivity contribution in [3.63, 3.8) is 0 Å². The van der Waals surface area contributed by atoms with Crippen molar-refractivity contribution in [3.8, 4) is 11.3 Å². The van der Waals surface area contributed by atoms with Gasteiger partial charge in [-0.05, 0) is 73.6 Å². The summed E-state index contributed by atoms with van der Waals surface area (Å²) in [6, 6.07) is 20.5. The SMILES string of the molecule is CS(=O)(=O)O.Cc1ccc(NC(=O)c2ccc(CN3CCN(C)CC3)cc2)cc1Nc1nccc(-c2cccnc2)n1.Nc1ccn([C@@H]2O[C@H](CO)[C@@H](O)C2(F)F)c(=O)n1. The van der Waals surface area contributed by atoms with Crippen LogP contribution < -0.4 is 22.1 Å². The van der Waals surface area contributed by atoms with Crippen LogP contribution in [0.3, 0.4) is 0 Å². The van der Waals surface area contributed by atoms with Crippen LogP contribution in [0.15, 0.2) is 96.3 Å². The maximum atomic E-state index is 13.7. The van der Waals surface area contributed by atoms with Gasteiger partial charge in [0.25, 0.3) is 16.0 Å². The van der Waals surface area contributed by atoms with Crippen LogP contribution >= 0.6 is 0 Å². The number of aryl methyl sites for hydroxylation is 1. The highest BCUT2D eigenvalue weighted by atomic mass is 32.2. The number of rotatable bonds is 9. The third-order valence-corrected chi connectivity index (χ3v) is 9.24. The van der Waals surface area contributed by atoms with Crippen LogP contribution in [0.4, 0.5) is 31.9 Å². The Kier molecular flexibility index (Phi) is 15.1. The summed E-state index contributed by atoms with van der Waals surface area (Å²) >= 11 is 0. The lowest BCUT2D eigenvalue weighted by Crippen LogP contribution is -2.43. The van der Waals surface area contributed by atoms with Gasteiger partial charge in [-0.25, -0.2) is 14.8 Å². The lowest BCUT2D eigenvalue weighted by Gasteiger charge is -2.32. The predicted molar refractivity (Wildman–Crippen MR) is 219 cm³/mol. The molecule has 60 heavy (non-hydrogen) atoms. The molecule has 0 spiro atoms. The first-order chi connectivity index (χ1) is 28.4. The highest BCUT2D eigenvalue weighted by molar-refractivity contribution is 7.85. The van der Waals surface area contributed by atoms with Crippen LogP contribution in [0, 0.1) is 6.92 Å². The number of hydrogen-bond donors (Lipinski definition) is 6. The summed E-state index contributed by atoms with van der Waals surface area (Å²) in [7, 11) is -1.51. The fourth-order valence-corrected chi connectivity index (χ4v) is 6.00. The molecule has 21 heteroatoms. The van der Waals surface area contributed by atoms with Gasteiger partial charge >= 0.3 is 11.6 Å². The first-order valence-corrected chi connectivity index (χ1v) is 20.3. The number of nitrogens with two attached hydrogens (primary N) is 1. The maximum absolute atomic E-state index is 13.7. The Labute approximate surface area is 344 Å². The zero-order valence-electron chi connectivity index (χ0n) is 32.9. The van der Waals surface area contributed by atoms with Crippen LogP contribution in [0.2, 0.25) is 0 Å². The minimum absolute atomic E-state index is 0.114. The molecule has 3 atom stereocenters. The van der Waals surface area contributed by atoms with Crippen molar-refractivity contribution in [2.45, 2.75) is 37.8 Å². The molecule has 5 aromatic rings. The van der Waals surface area contributed by atoms with Gasteiger partial charge in [-0.3, -0.25) is 23.8 Å². The Morgan fingerprint density at radius 3 is 2.35 bits per heavy atom. The Morgan fingerprint density at radius 1 is 1.03 bits per heavy atom. The second-order valence-electron chi connectivity index (χ2n) is 14.0. The lowest BCUT2D eigenvalue weighted by molar-refractivity contribution is -0.140. The molecule has 7 rings (SSSR count). The van der Waals surface area contributed by atoms with Gasteiger partial charge in [0.15, 0.2) is 6.10 Å². The van der Waals surface area contributed by atoms with Gasteiger partial charge in [0.05, 0.1) is 18.6 Å². The van der Waals surface area contributed by atoms with E-state index in [1.54, 1.807) is 18.6 Å². The molecule has 0 bridgehead atoms. The van der Waals surface area contributed by atoms with E-state index in [4.69, 9.17) is 20.1 Å². The monoisotopic (exact) mass is 852 g/mol. The number of carbonyl (C=O) groups is 1. The number of amides is 1. The molecule has 3 aromatic heterocycles. The Morgan fingerprint density at radius 2 is 1.73 bits per heavy atom. The smallest absolute Gasteiger partial charge is 0.351 e. The molecule has 0 saturated carbocycles. The van der Waals surface area contributed by atoms with Crippen molar-refractivity contribution >= 4 is 39.2 Å². The molecular formula is C39H46F2N10O8S.